The summed E-state index contributed by atoms with van der Waals surface area (Å²) in [6, 6.07) is 8.58. The molecule has 0 aliphatic heterocycles. The van der Waals surface area contributed by atoms with Crippen molar-refractivity contribution in [1.29, 1.82) is 0 Å². The third kappa shape index (κ3) is 5.47. The molecule has 1 aromatic carbocycles. The lowest BCUT2D eigenvalue weighted by atomic mass is 9.80. The third-order valence-electron chi connectivity index (χ3n) is 6.50. The molecule has 1 heterocycles. The fourth-order valence-electron chi connectivity index (χ4n) is 4.43. The number of aryl methyl sites for hydroxylation is 3. The monoisotopic (exact) mass is 396 g/mol. The average Bonchev–Trinajstić information content (AvgIpc) is 3.06. The van der Waals surface area contributed by atoms with Gasteiger partial charge in [-0.1, -0.05) is 18.2 Å². The Hall–Kier alpha value is -2.14. The average molecular weight is 397 g/mol. The van der Waals surface area contributed by atoms with Gasteiger partial charge in [0, 0.05) is 33.1 Å². The highest BCUT2D eigenvalue weighted by molar-refractivity contribution is 5.78. The van der Waals surface area contributed by atoms with Gasteiger partial charge >= 0.3 is 0 Å². The van der Waals surface area contributed by atoms with Crippen molar-refractivity contribution in [3.63, 3.8) is 0 Å². The van der Waals surface area contributed by atoms with Crippen molar-refractivity contribution in [2.75, 3.05) is 20.6 Å². The first-order valence-electron chi connectivity index (χ1n) is 10.8. The number of carbonyl (C=O) groups excluding carboxylic acids is 1. The summed E-state index contributed by atoms with van der Waals surface area (Å²) in [6.45, 7) is 5.93. The van der Waals surface area contributed by atoms with Crippen LogP contribution in [0, 0.1) is 19.8 Å². The molecule has 1 fully saturated rings. The quantitative estimate of drug-likeness (QED) is 0.776. The second-order valence-electron chi connectivity index (χ2n) is 8.80. The van der Waals surface area contributed by atoms with Crippen molar-refractivity contribution in [1.82, 2.24) is 20.0 Å². The summed E-state index contributed by atoms with van der Waals surface area (Å²) in [5.41, 5.74) is 6.11. The first-order chi connectivity index (χ1) is 13.9. The number of hydrogen-bond donors (Lipinski definition) is 1. The van der Waals surface area contributed by atoms with Gasteiger partial charge in [0.25, 0.3) is 0 Å². The highest BCUT2D eigenvalue weighted by atomic mass is 16.2. The largest absolute Gasteiger partial charge is 0.345 e. The second kappa shape index (κ2) is 9.57. The molecule has 0 radical (unpaired) electrons. The molecule has 29 heavy (non-hydrogen) atoms. The van der Waals surface area contributed by atoms with Crippen LogP contribution in [0.15, 0.2) is 24.3 Å². The smallest absolute Gasteiger partial charge is 0.226 e. The summed E-state index contributed by atoms with van der Waals surface area (Å²) in [7, 11) is 5.95. The van der Waals surface area contributed by atoms with Crippen LogP contribution in [0.1, 0.15) is 59.7 Å². The van der Waals surface area contributed by atoms with Crippen LogP contribution in [-0.4, -0.2) is 41.2 Å². The number of nitrogens with one attached hydrogen (secondary N) is 1. The van der Waals surface area contributed by atoms with Crippen LogP contribution < -0.4 is 5.32 Å². The minimum atomic E-state index is 0.219. The molecule has 0 saturated heterocycles. The Labute approximate surface area is 175 Å². The number of amides is 1. The number of hydrogen-bond acceptors (Lipinski definition) is 3. The standard InChI is InChI=1S/C24H36N4O/c1-17-6-7-20(12-18(17)2)13-24(29)27(4)16-19-8-10-21(11-9-19)23-14-22(15-25-3)28(5)26-23/h6-7,12,14,19,21,25H,8-11,13,15-16H2,1-5H3. The fourth-order valence-corrected chi connectivity index (χ4v) is 4.43. The topological polar surface area (TPSA) is 50.2 Å². The van der Waals surface area contributed by atoms with Gasteiger partial charge in [-0.3, -0.25) is 9.48 Å². The van der Waals surface area contributed by atoms with E-state index < -0.39 is 0 Å². The Morgan fingerprint density at radius 1 is 1.17 bits per heavy atom. The maximum atomic E-state index is 12.7. The highest BCUT2D eigenvalue weighted by Crippen LogP contribution is 2.35. The molecule has 1 aliphatic carbocycles. The van der Waals surface area contributed by atoms with Crippen molar-refractivity contribution in [2.45, 2.75) is 58.4 Å². The normalized spacial score (nSPS) is 19.3. The zero-order chi connectivity index (χ0) is 21.0. The van der Waals surface area contributed by atoms with E-state index in [0.29, 0.717) is 18.3 Å². The molecule has 158 valence electrons. The Kier molecular flexibility index (Phi) is 7.12. The number of aromatic nitrogens is 2. The van der Waals surface area contributed by atoms with E-state index >= 15 is 0 Å². The van der Waals surface area contributed by atoms with E-state index in [4.69, 9.17) is 5.10 Å². The van der Waals surface area contributed by atoms with Gasteiger partial charge in [0.2, 0.25) is 5.91 Å². The van der Waals surface area contributed by atoms with Crippen LogP contribution in [0.25, 0.3) is 0 Å². The van der Waals surface area contributed by atoms with Crippen LogP contribution >= 0.6 is 0 Å². The van der Waals surface area contributed by atoms with Gasteiger partial charge in [-0.25, -0.2) is 0 Å². The Bertz CT molecular complexity index is 833. The molecule has 1 N–H and O–H groups in total. The minimum Gasteiger partial charge on any atom is -0.345 e. The SMILES string of the molecule is CNCc1cc(C2CCC(CN(C)C(=O)Cc3ccc(C)c(C)c3)CC2)nn1C. The van der Waals surface area contributed by atoms with E-state index in [1.54, 1.807) is 0 Å². The summed E-state index contributed by atoms with van der Waals surface area (Å²) in [4.78, 5) is 14.6. The van der Waals surface area contributed by atoms with Crippen molar-refractivity contribution in [3.05, 3.63) is 52.3 Å². The van der Waals surface area contributed by atoms with Crippen LogP contribution in [0.5, 0.6) is 0 Å². The molecular weight excluding hydrogens is 360 g/mol. The molecule has 0 unspecified atom stereocenters. The van der Waals surface area contributed by atoms with Gasteiger partial charge in [0.05, 0.1) is 17.8 Å². The lowest BCUT2D eigenvalue weighted by Crippen LogP contribution is -2.34. The summed E-state index contributed by atoms with van der Waals surface area (Å²) in [6.07, 6.45) is 5.17. The molecule has 0 spiro atoms. The van der Waals surface area contributed by atoms with E-state index in [0.717, 1.165) is 18.7 Å². The van der Waals surface area contributed by atoms with Gasteiger partial charge in [0.15, 0.2) is 0 Å². The predicted octanol–water partition coefficient (Wildman–Crippen LogP) is 3.73. The van der Waals surface area contributed by atoms with Gasteiger partial charge in [0.1, 0.15) is 0 Å². The van der Waals surface area contributed by atoms with E-state index in [-0.39, 0.29) is 5.91 Å². The van der Waals surface area contributed by atoms with Crippen LogP contribution in [0.2, 0.25) is 0 Å². The maximum Gasteiger partial charge on any atom is 0.226 e. The zero-order valence-electron chi connectivity index (χ0n) is 18.7. The highest BCUT2D eigenvalue weighted by Gasteiger charge is 2.26. The molecule has 5 nitrogen and oxygen atoms in total. The number of likely N-dealkylation sites (N-methyl/N-ethyl adjacent to an activating group) is 1. The molecule has 1 aliphatic rings. The van der Waals surface area contributed by atoms with Crippen LogP contribution in [-0.2, 0) is 24.8 Å². The molecule has 1 aromatic heterocycles. The summed E-state index contributed by atoms with van der Waals surface area (Å²) >= 11 is 0. The first kappa shape index (κ1) is 21.6. The van der Waals surface area contributed by atoms with E-state index in [2.05, 4.69) is 43.4 Å². The van der Waals surface area contributed by atoms with Gasteiger partial charge in [-0.15, -0.1) is 0 Å². The predicted molar refractivity (Wildman–Crippen MR) is 118 cm³/mol. The van der Waals surface area contributed by atoms with E-state index in [1.807, 2.05) is 30.7 Å². The van der Waals surface area contributed by atoms with Crippen molar-refractivity contribution < 1.29 is 4.79 Å². The Balaban J connectivity index is 1.48. The van der Waals surface area contributed by atoms with E-state index in [1.165, 1.54) is 48.2 Å². The van der Waals surface area contributed by atoms with Crippen LogP contribution in [0.4, 0.5) is 0 Å². The van der Waals surface area contributed by atoms with Gasteiger partial charge in [-0.05, 0) is 75.3 Å². The molecule has 1 saturated carbocycles. The Morgan fingerprint density at radius 3 is 2.55 bits per heavy atom. The summed E-state index contributed by atoms with van der Waals surface area (Å²) < 4.78 is 2.00. The van der Waals surface area contributed by atoms with E-state index in [9.17, 15) is 4.79 Å². The molecule has 1 amide bonds. The van der Waals surface area contributed by atoms with Crippen molar-refractivity contribution in [2.24, 2.45) is 13.0 Å². The summed E-state index contributed by atoms with van der Waals surface area (Å²) in [5.74, 6) is 1.37. The molecule has 5 heteroatoms. The van der Waals surface area contributed by atoms with Gasteiger partial charge < -0.3 is 10.2 Å². The number of nitrogens with zero attached hydrogens (tertiary/aromatic N) is 3. The third-order valence-corrected chi connectivity index (χ3v) is 6.50. The van der Waals surface area contributed by atoms with Crippen molar-refractivity contribution >= 4 is 5.91 Å². The lowest BCUT2D eigenvalue weighted by molar-refractivity contribution is -0.129. The second-order valence-corrected chi connectivity index (χ2v) is 8.80. The Morgan fingerprint density at radius 2 is 1.90 bits per heavy atom. The fraction of sp³-hybridized carbons (Fsp3) is 0.583. The van der Waals surface area contributed by atoms with Crippen molar-refractivity contribution in [3.8, 4) is 0 Å². The molecular formula is C24H36N4O. The maximum absolute atomic E-state index is 12.7. The molecule has 0 bridgehead atoms. The number of rotatable bonds is 7. The summed E-state index contributed by atoms with van der Waals surface area (Å²) in [5, 5.41) is 7.94. The van der Waals surface area contributed by atoms with Crippen LogP contribution in [0.3, 0.4) is 0 Å². The zero-order valence-corrected chi connectivity index (χ0v) is 18.7. The lowest BCUT2D eigenvalue weighted by Gasteiger charge is -2.30. The molecule has 2 aromatic rings. The minimum absolute atomic E-state index is 0.219. The number of carbonyl (C=O) groups is 1. The first-order valence-corrected chi connectivity index (χ1v) is 10.8. The number of benzene rings is 1. The molecule has 3 rings (SSSR count). The molecule has 0 atom stereocenters. The van der Waals surface area contributed by atoms with Gasteiger partial charge in [-0.2, -0.15) is 5.10 Å².